The number of nitrogens with zero attached hydrogens (tertiary/aromatic N) is 1. The molecule has 0 unspecified atom stereocenters. The molecule has 0 fully saturated rings. The van der Waals surface area contributed by atoms with Crippen LogP contribution in [0.2, 0.25) is 0 Å². The van der Waals surface area contributed by atoms with Crippen molar-refractivity contribution in [1.82, 2.24) is 9.97 Å². The van der Waals surface area contributed by atoms with Crippen molar-refractivity contribution in [2.45, 2.75) is 6.61 Å². The Balaban J connectivity index is 1.39. The third-order valence-corrected chi connectivity index (χ3v) is 4.19. The highest BCUT2D eigenvalue weighted by atomic mass is 16.5. The Morgan fingerprint density at radius 1 is 0.750 bits per heavy atom. The van der Waals surface area contributed by atoms with Crippen LogP contribution in [-0.2, 0) is 6.61 Å². The number of H-pyrrole nitrogens is 1. The standard InChI is InChI=1S/C23H20N2O3/c1-26-18-11-13-21(14-12-18)28-20-9-7-17(8-10-20)22-15-24-23(25-22)16-27-19-5-3-2-4-6-19/h2-15H,16H2,1H3,(H,24,25). The van der Waals surface area contributed by atoms with Gasteiger partial charge in [-0.15, -0.1) is 0 Å². The topological polar surface area (TPSA) is 56.4 Å². The van der Waals surface area contributed by atoms with Crippen molar-refractivity contribution >= 4 is 0 Å². The van der Waals surface area contributed by atoms with Gasteiger partial charge in [0, 0.05) is 11.8 Å². The molecule has 1 N–H and O–H groups in total. The van der Waals surface area contributed by atoms with Gasteiger partial charge in [0.05, 0.1) is 12.8 Å². The van der Waals surface area contributed by atoms with Crippen LogP contribution in [0.15, 0.2) is 85.1 Å². The predicted molar refractivity (Wildman–Crippen MR) is 108 cm³/mol. The van der Waals surface area contributed by atoms with Crippen LogP contribution in [0.5, 0.6) is 23.0 Å². The van der Waals surface area contributed by atoms with E-state index in [1.54, 1.807) is 7.11 Å². The van der Waals surface area contributed by atoms with Gasteiger partial charge in [-0.3, -0.25) is 0 Å². The fourth-order valence-electron chi connectivity index (χ4n) is 2.73. The second-order valence-corrected chi connectivity index (χ2v) is 6.14. The van der Waals surface area contributed by atoms with Gasteiger partial charge in [-0.2, -0.15) is 0 Å². The van der Waals surface area contributed by atoms with Crippen molar-refractivity contribution in [3.8, 4) is 34.3 Å². The van der Waals surface area contributed by atoms with E-state index < -0.39 is 0 Å². The highest BCUT2D eigenvalue weighted by Crippen LogP contribution is 2.26. The van der Waals surface area contributed by atoms with Gasteiger partial charge in [0.2, 0.25) is 0 Å². The molecule has 0 aliphatic heterocycles. The summed E-state index contributed by atoms with van der Waals surface area (Å²) in [5, 5.41) is 0. The van der Waals surface area contributed by atoms with Crippen molar-refractivity contribution in [2.75, 3.05) is 7.11 Å². The second-order valence-electron chi connectivity index (χ2n) is 6.14. The van der Waals surface area contributed by atoms with Crippen LogP contribution in [0.1, 0.15) is 5.82 Å². The zero-order valence-corrected chi connectivity index (χ0v) is 15.5. The number of hydrogen-bond donors (Lipinski definition) is 1. The minimum Gasteiger partial charge on any atom is -0.497 e. The lowest BCUT2D eigenvalue weighted by molar-refractivity contribution is 0.297. The zero-order chi connectivity index (χ0) is 19.2. The van der Waals surface area contributed by atoms with E-state index in [4.69, 9.17) is 14.2 Å². The molecule has 140 valence electrons. The molecule has 0 radical (unpaired) electrons. The first-order valence-corrected chi connectivity index (χ1v) is 8.94. The Morgan fingerprint density at radius 2 is 1.39 bits per heavy atom. The Morgan fingerprint density at radius 3 is 2.07 bits per heavy atom. The van der Waals surface area contributed by atoms with E-state index in [9.17, 15) is 0 Å². The smallest absolute Gasteiger partial charge is 0.146 e. The molecule has 0 aliphatic rings. The van der Waals surface area contributed by atoms with E-state index in [0.717, 1.165) is 40.1 Å². The Hall–Kier alpha value is -3.73. The van der Waals surface area contributed by atoms with Gasteiger partial charge in [-0.25, -0.2) is 4.98 Å². The number of aromatic amines is 1. The molecule has 0 spiro atoms. The first-order valence-electron chi connectivity index (χ1n) is 8.94. The summed E-state index contributed by atoms with van der Waals surface area (Å²) in [5.41, 5.74) is 1.87. The molecule has 0 amide bonds. The number of ether oxygens (including phenoxy) is 3. The van der Waals surface area contributed by atoms with Gasteiger partial charge < -0.3 is 19.2 Å². The van der Waals surface area contributed by atoms with E-state index in [-0.39, 0.29) is 0 Å². The minimum absolute atomic E-state index is 0.392. The van der Waals surface area contributed by atoms with Crippen molar-refractivity contribution < 1.29 is 14.2 Å². The van der Waals surface area contributed by atoms with Crippen LogP contribution in [0.3, 0.4) is 0 Å². The Labute approximate surface area is 163 Å². The number of nitrogens with one attached hydrogen (secondary N) is 1. The lowest BCUT2D eigenvalue weighted by Crippen LogP contribution is -1.97. The monoisotopic (exact) mass is 372 g/mol. The maximum absolute atomic E-state index is 5.86. The van der Waals surface area contributed by atoms with E-state index >= 15 is 0 Å². The lowest BCUT2D eigenvalue weighted by Gasteiger charge is -2.07. The summed E-state index contributed by atoms with van der Waals surface area (Å²) in [6.07, 6.45) is 1.88. The summed E-state index contributed by atoms with van der Waals surface area (Å²) in [6, 6.07) is 25.0. The van der Waals surface area contributed by atoms with Crippen molar-refractivity contribution in [2.24, 2.45) is 0 Å². The third kappa shape index (κ3) is 4.32. The fraction of sp³-hybridized carbons (Fsp3) is 0.0870. The molecular weight excluding hydrogens is 352 g/mol. The maximum atomic E-state index is 5.86. The Kier molecular flexibility index (Phi) is 5.24. The summed E-state index contributed by atoms with van der Waals surface area (Å²) < 4.78 is 16.7. The summed E-state index contributed by atoms with van der Waals surface area (Å²) in [6.45, 7) is 0.392. The second kappa shape index (κ2) is 8.31. The van der Waals surface area contributed by atoms with Gasteiger partial charge >= 0.3 is 0 Å². The number of imidazole rings is 1. The molecule has 0 bridgehead atoms. The van der Waals surface area contributed by atoms with E-state index in [2.05, 4.69) is 9.97 Å². The van der Waals surface area contributed by atoms with Crippen molar-refractivity contribution in [1.29, 1.82) is 0 Å². The largest absolute Gasteiger partial charge is 0.497 e. The number of para-hydroxylation sites is 1. The minimum atomic E-state index is 0.392. The quantitative estimate of drug-likeness (QED) is 0.468. The number of aromatic nitrogens is 2. The van der Waals surface area contributed by atoms with Crippen LogP contribution >= 0.6 is 0 Å². The molecule has 4 aromatic rings. The summed E-state index contributed by atoms with van der Waals surface area (Å²) in [5.74, 6) is 3.91. The number of benzene rings is 3. The average molecular weight is 372 g/mol. The first kappa shape index (κ1) is 17.7. The molecule has 0 atom stereocenters. The zero-order valence-electron chi connectivity index (χ0n) is 15.5. The predicted octanol–water partition coefficient (Wildman–Crippen LogP) is 5.46. The van der Waals surface area contributed by atoms with Crippen molar-refractivity contribution in [3.05, 3.63) is 90.9 Å². The molecule has 0 saturated carbocycles. The number of hydrogen-bond acceptors (Lipinski definition) is 4. The van der Waals surface area contributed by atoms with Crippen LogP contribution in [0, 0.1) is 0 Å². The van der Waals surface area contributed by atoms with E-state index in [0.29, 0.717) is 6.61 Å². The van der Waals surface area contributed by atoms with Crippen LogP contribution in [0.25, 0.3) is 11.3 Å². The van der Waals surface area contributed by atoms with Gasteiger partial charge in [0.1, 0.15) is 35.4 Å². The molecule has 4 rings (SSSR count). The van der Waals surface area contributed by atoms with Crippen LogP contribution in [0.4, 0.5) is 0 Å². The van der Waals surface area contributed by atoms with Crippen LogP contribution < -0.4 is 14.2 Å². The summed E-state index contributed by atoms with van der Waals surface area (Å²) in [7, 11) is 1.64. The highest BCUT2D eigenvalue weighted by molar-refractivity contribution is 5.59. The van der Waals surface area contributed by atoms with Crippen LogP contribution in [-0.4, -0.2) is 17.1 Å². The molecule has 5 heteroatoms. The van der Waals surface area contributed by atoms with Gasteiger partial charge in [0.15, 0.2) is 0 Å². The Bertz CT molecular complexity index is 1010. The lowest BCUT2D eigenvalue weighted by atomic mass is 10.1. The molecule has 1 heterocycles. The van der Waals surface area contributed by atoms with Crippen molar-refractivity contribution in [3.63, 3.8) is 0 Å². The maximum Gasteiger partial charge on any atom is 0.146 e. The molecule has 28 heavy (non-hydrogen) atoms. The van der Waals surface area contributed by atoms with Gasteiger partial charge in [-0.1, -0.05) is 18.2 Å². The van der Waals surface area contributed by atoms with Gasteiger partial charge in [-0.05, 0) is 60.7 Å². The normalized spacial score (nSPS) is 10.5. The number of rotatable bonds is 7. The molecule has 0 saturated heterocycles. The van der Waals surface area contributed by atoms with E-state index in [1.165, 1.54) is 0 Å². The first-order chi connectivity index (χ1) is 13.8. The third-order valence-electron chi connectivity index (χ3n) is 4.19. The van der Waals surface area contributed by atoms with Gasteiger partial charge in [0.25, 0.3) is 0 Å². The highest BCUT2D eigenvalue weighted by Gasteiger charge is 2.06. The molecule has 3 aromatic carbocycles. The fourth-order valence-corrected chi connectivity index (χ4v) is 2.73. The average Bonchev–Trinajstić information content (AvgIpc) is 3.23. The number of methoxy groups -OCH3 is 1. The summed E-state index contributed by atoms with van der Waals surface area (Å²) >= 11 is 0. The molecular formula is C23H20N2O3. The SMILES string of the molecule is COc1ccc(Oc2ccc(-c3c[nH]c(COc4ccccc4)n3)cc2)cc1. The molecule has 0 aliphatic carbocycles. The molecule has 1 aromatic heterocycles. The van der Waals surface area contributed by atoms with E-state index in [1.807, 2.05) is 85.1 Å². The summed E-state index contributed by atoms with van der Waals surface area (Å²) in [4.78, 5) is 7.75. The molecule has 5 nitrogen and oxygen atoms in total.